The van der Waals surface area contributed by atoms with Crippen molar-refractivity contribution in [3.8, 4) is 0 Å². The van der Waals surface area contributed by atoms with Crippen LogP contribution in [0.3, 0.4) is 0 Å². The normalized spacial score (nSPS) is 17.9. The maximum atomic E-state index is 9.04. The van der Waals surface area contributed by atoms with E-state index in [4.69, 9.17) is 5.11 Å². The molecule has 0 saturated heterocycles. The Morgan fingerprint density at radius 3 is 3.06 bits per heavy atom. The maximum absolute atomic E-state index is 9.04. The highest BCUT2D eigenvalue weighted by atomic mass is 16.3. The molecule has 0 saturated carbocycles. The molecule has 0 aliphatic carbocycles. The lowest BCUT2D eigenvalue weighted by Crippen LogP contribution is -2.32. The molecule has 3 heteroatoms. The molecule has 2 N–H and O–H groups in total. The molecule has 1 atom stereocenters. The summed E-state index contributed by atoms with van der Waals surface area (Å²) in [5.41, 5.74) is 2.64. The zero-order valence-electron chi connectivity index (χ0n) is 10.1. The molecule has 3 nitrogen and oxygen atoms in total. The lowest BCUT2D eigenvalue weighted by Gasteiger charge is -2.23. The van der Waals surface area contributed by atoms with Gasteiger partial charge in [0, 0.05) is 37.8 Å². The van der Waals surface area contributed by atoms with Gasteiger partial charge in [-0.1, -0.05) is 24.3 Å². The van der Waals surface area contributed by atoms with Crippen LogP contribution in [0.5, 0.6) is 0 Å². The van der Waals surface area contributed by atoms with Gasteiger partial charge in [-0.25, -0.2) is 0 Å². The summed E-state index contributed by atoms with van der Waals surface area (Å²) in [4.78, 5) is 2.24. The van der Waals surface area contributed by atoms with Crippen LogP contribution in [0.4, 0.5) is 5.69 Å². The van der Waals surface area contributed by atoms with Crippen LogP contribution in [0.15, 0.2) is 36.9 Å². The third-order valence-corrected chi connectivity index (χ3v) is 3.22. The third kappa shape index (κ3) is 2.87. The predicted molar refractivity (Wildman–Crippen MR) is 71.4 cm³/mol. The molecular formula is C14H20N2O. The minimum atomic E-state index is 0.204. The van der Waals surface area contributed by atoms with Gasteiger partial charge in [-0.3, -0.25) is 4.90 Å². The van der Waals surface area contributed by atoms with Gasteiger partial charge < -0.3 is 10.4 Å². The van der Waals surface area contributed by atoms with E-state index in [2.05, 4.69) is 41.1 Å². The molecule has 0 bridgehead atoms. The van der Waals surface area contributed by atoms with Gasteiger partial charge in [-0.15, -0.1) is 6.58 Å². The number of para-hydroxylation sites is 1. The Bertz CT molecular complexity index is 378. The lowest BCUT2D eigenvalue weighted by molar-refractivity contribution is 0.203. The average molecular weight is 232 g/mol. The highest BCUT2D eigenvalue weighted by molar-refractivity contribution is 5.57. The number of hydrogen-bond donors (Lipinski definition) is 2. The number of fused-ring (bicyclic) bond motifs is 1. The number of nitrogens with zero attached hydrogens (tertiary/aromatic N) is 1. The van der Waals surface area contributed by atoms with Gasteiger partial charge in [0.15, 0.2) is 0 Å². The summed E-state index contributed by atoms with van der Waals surface area (Å²) in [6.45, 7) is 7.47. The second-order valence-electron chi connectivity index (χ2n) is 4.44. The first-order chi connectivity index (χ1) is 8.35. The third-order valence-electron chi connectivity index (χ3n) is 3.22. The van der Waals surface area contributed by atoms with Gasteiger partial charge in [0.1, 0.15) is 0 Å². The van der Waals surface area contributed by atoms with E-state index in [-0.39, 0.29) is 6.61 Å². The first-order valence-corrected chi connectivity index (χ1v) is 6.12. The summed E-state index contributed by atoms with van der Waals surface area (Å²) in [6.07, 6.45) is 1.89. The van der Waals surface area contributed by atoms with Crippen LogP contribution in [0.2, 0.25) is 0 Å². The summed E-state index contributed by atoms with van der Waals surface area (Å²) in [7, 11) is 0. The molecule has 0 fully saturated rings. The second kappa shape index (κ2) is 5.84. The first kappa shape index (κ1) is 12.1. The van der Waals surface area contributed by atoms with E-state index in [0.717, 1.165) is 19.6 Å². The van der Waals surface area contributed by atoms with Gasteiger partial charge in [0.2, 0.25) is 0 Å². The fourth-order valence-corrected chi connectivity index (χ4v) is 2.41. The van der Waals surface area contributed by atoms with Crippen molar-refractivity contribution in [1.29, 1.82) is 0 Å². The van der Waals surface area contributed by atoms with Crippen molar-refractivity contribution >= 4 is 5.69 Å². The molecule has 17 heavy (non-hydrogen) atoms. The minimum absolute atomic E-state index is 0.204. The van der Waals surface area contributed by atoms with Gasteiger partial charge in [0.05, 0.1) is 6.61 Å². The van der Waals surface area contributed by atoms with Gasteiger partial charge in [-0.05, 0) is 11.6 Å². The zero-order chi connectivity index (χ0) is 12.1. The summed E-state index contributed by atoms with van der Waals surface area (Å²) >= 11 is 0. The Hall–Kier alpha value is -1.32. The molecule has 1 aromatic carbocycles. The van der Waals surface area contributed by atoms with Crippen molar-refractivity contribution in [1.82, 2.24) is 4.90 Å². The van der Waals surface area contributed by atoms with Crippen LogP contribution in [0.25, 0.3) is 0 Å². The molecular weight excluding hydrogens is 212 g/mol. The molecule has 92 valence electrons. The van der Waals surface area contributed by atoms with E-state index >= 15 is 0 Å². The monoisotopic (exact) mass is 232 g/mol. The summed E-state index contributed by atoms with van der Waals surface area (Å²) in [5, 5.41) is 12.5. The predicted octanol–water partition coefficient (Wildman–Crippen LogP) is 1.68. The molecule has 1 aromatic rings. The second-order valence-corrected chi connectivity index (χ2v) is 4.44. The Balaban J connectivity index is 2.02. The molecule has 2 rings (SSSR count). The quantitative estimate of drug-likeness (QED) is 0.732. The van der Waals surface area contributed by atoms with E-state index in [1.807, 2.05) is 6.08 Å². The van der Waals surface area contributed by atoms with Gasteiger partial charge in [-0.2, -0.15) is 0 Å². The number of anilines is 1. The molecule has 0 aromatic heterocycles. The highest BCUT2D eigenvalue weighted by Gasteiger charge is 2.23. The smallest absolute Gasteiger partial charge is 0.0558 e. The molecule has 0 radical (unpaired) electrons. The van der Waals surface area contributed by atoms with Gasteiger partial charge >= 0.3 is 0 Å². The number of aliphatic hydroxyl groups is 1. The van der Waals surface area contributed by atoms with Crippen molar-refractivity contribution in [3.63, 3.8) is 0 Å². The molecule has 0 spiro atoms. The number of rotatable bonds is 6. The Labute approximate surface area is 103 Å². The topological polar surface area (TPSA) is 35.5 Å². The maximum Gasteiger partial charge on any atom is 0.0558 e. The van der Waals surface area contributed by atoms with E-state index in [1.165, 1.54) is 11.3 Å². The molecule has 1 unspecified atom stereocenters. The van der Waals surface area contributed by atoms with Gasteiger partial charge in [0.25, 0.3) is 0 Å². The number of hydrogen-bond acceptors (Lipinski definition) is 3. The van der Waals surface area contributed by atoms with Crippen LogP contribution < -0.4 is 5.32 Å². The summed E-state index contributed by atoms with van der Waals surface area (Å²) < 4.78 is 0. The Morgan fingerprint density at radius 2 is 2.29 bits per heavy atom. The molecule has 1 aliphatic heterocycles. The van der Waals surface area contributed by atoms with E-state index in [1.54, 1.807) is 0 Å². The fraction of sp³-hybridized carbons (Fsp3) is 0.429. The van der Waals surface area contributed by atoms with Crippen molar-refractivity contribution in [3.05, 3.63) is 42.5 Å². The lowest BCUT2D eigenvalue weighted by atomic mass is 10.0. The highest BCUT2D eigenvalue weighted by Crippen LogP contribution is 2.31. The Kier molecular flexibility index (Phi) is 4.18. The number of nitrogens with one attached hydrogen (secondary N) is 1. The zero-order valence-corrected chi connectivity index (χ0v) is 10.1. The Morgan fingerprint density at radius 1 is 1.47 bits per heavy atom. The van der Waals surface area contributed by atoms with E-state index in [9.17, 15) is 0 Å². The van der Waals surface area contributed by atoms with Crippen LogP contribution in [-0.2, 0) is 0 Å². The standard InChI is InChI=1S/C14H20N2O/c1-2-7-16(8-9-17)11-12-10-15-14-6-4-3-5-13(12)14/h2-6,12,15,17H,1,7-11H2. The minimum Gasteiger partial charge on any atom is -0.395 e. The van der Waals surface area contributed by atoms with Crippen molar-refractivity contribution in [2.75, 3.05) is 38.1 Å². The number of aliphatic hydroxyl groups excluding tert-OH is 1. The summed E-state index contributed by atoms with van der Waals surface area (Å²) in [6, 6.07) is 8.45. The molecule has 1 aliphatic rings. The summed E-state index contributed by atoms with van der Waals surface area (Å²) in [5.74, 6) is 0.512. The average Bonchev–Trinajstić information content (AvgIpc) is 2.74. The van der Waals surface area contributed by atoms with E-state index in [0.29, 0.717) is 12.5 Å². The SMILES string of the molecule is C=CCN(CCO)CC1CNc2ccccc21. The van der Waals surface area contributed by atoms with E-state index < -0.39 is 0 Å². The molecule has 0 amide bonds. The van der Waals surface area contributed by atoms with Crippen LogP contribution in [0, 0.1) is 0 Å². The van der Waals surface area contributed by atoms with Crippen LogP contribution >= 0.6 is 0 Å². The van der Waals surface area contributed by atoms with Crippen molar-refractivity contribution in [2.45, 2.75) is 5.92 Å². The number of benzene rings is 1. The van der Waals surface area contributed by atoms with Crippen molar-refractivity contribution < 1.29 is 5.11 Å². The fourth-order valence-electron chi connectivity index (χ4n) is 2.41. The largest absolute Gasteiger partial charge is 0.395 e. The van der Waals surface area contributed by atoms with Crippen LogP contribution in [0.1, 0.15) is 11.5 Å². The van der Waals surface area contributed by atoms with Crippen molar-refractivity contribution in [2.24, 2.45) is 0 Å². The van der Waals surface area contributed by atoms with Crippen LogP contribution in [-0.4, -0.2) is 42.8 Å². The molecule has 1 heterocycles. The first-order valence-electron chi connectivity index (χ1n) is 6.12.